The van der Waals surface area contributed by atoms with Gasteiger partial charge in [-0.25, -0.2) is 9.97 Å². The summed E-state index contributed by atoms with van der Waals surface area (Å²) in [5.41, 5.74) is 2.07. The Kier molecular flexibility index (Phi) is 7.45. The lowest BCUT2D eigenvalue weighted by Crippen LogP contribution is -2.38. The maximum atomic E-state index is 9.93. The molecule has 1 saturated heterocycles. The van der Waals surface area contributed by atoms with Gasteiger partial charge in [0.2, 0.25) is 11.8 Å². The molecule has 3 fully saturated rings. The Morgan fingerprint density at radius 1 is 1.06 bits per heavy atom. The van der Waals surface area contributed by atoms with E-state index in [0.717, 1.165) is 69.0 Å². The number of aliphatic hydroxyl groups is 1. The average Bonchev–Trinajstić information content (AvgIpc) is 2.84. The smallest absolute Gasteiger partial charge is 0.229 e. The summed E-state index contributed by atoms with van der Waals surface area (Å²) < 4.78 is 5.24. The second-order valence-corrected chi connectivity index (χ2v) is 10.2. The van der Waals surface area contributed by atoms with E-state index in [-0.39, 0.29) is 6.10 Å². The fourth-order valence-electron chi connectivity index (χ4n) is 5.47. The van der Waals surface area contributed by atoms with Crippen LogP contribution in [0.15, 0.2) is 24.5 Å². The number of likely N-dealkylation sites (tertiary alicyclic amines) is 1. The summed E-state index contributed by atoms with van der Waals surface area (Å²) in [6.45, 7) is 3.59. The van der Waals surface area contributed by atoms with Crippen molar-refractivity contribution in [3.8, 4) is 5.88 Å². The first-order valence-electron chi connectivity index (χ1n) is 13.0. The fraction of sp³-hybridized carbons (Fsp3) is 0.654. The van der Waals surface area contributed by atoms with Crippen LogP contribution in [-0.2, 0) is 0 Å². The maximum absolute atomic E-state index is 9.93. The average molecular weight is 467 g/mol. The van der Waals surface area contributed by atoms with Crippen molar-refractivity contribution >= 4 is 17.5 Å². The van der Waals surface area contributed by atoms with E-state index >= 15 is 0 Å². The maximum Gasteiger partial charge on any atom is 0.229 e. The third-order valence-electron chi connectivity index (χ3n) is 7.82. The van der Waals surface area contributed by atoms with Gasteiger partial charge in [-0.05, 0) is 82.4 Å². The molecule has 184 valence electrons. The first-order chi connectivity index (χ1) is 16.7. The van der Waals surface area contributed by atoms with Gasteiger partial charge >= 0.3 is 0 Å². The number of hydrogen-bond donors (Lipinski definition) is 3. The number of rotatable bonds is 8. The number of nitrogens with zero attached hydrogens (tertiary/aromatic N) is 4. The van der Waals surface area contributed by atoms with Crippen LogP contribution in [0.3, 0.4) is 0 Å². The lowest BCUT2D eigenvalue weighted by Gasteiger charge is -2.37. The molecule has 0 radical (unpaired) electrons. The number of ether oxygens (including phenoxy) is 1. The van der Waals surface area contributed by atoms with Gasteiger partial charge in [-0.1, -0.05) is 6.42 Å². The standard InChI is InChI=1S/C26H38N6O2/c1-34-24-15-21(9-12-27-24)30-26-28-16-23(25(31-26)29-20-5-7-22(33)8-6-20)19-10-13-32(14-11-19)17-18-3-2-4-18/h9,12,15-16,18-20,22,33H,2-8,10-11,13-14,17H2,1H3,(H2,27,28,29,30,31)/t20-,22-. The highest BCUT2D eigenvalue weighted by Crippen LogP contribution is 2.35. The Morgan fingerprint density at radius 3 is 2.56 bits per heavy atom. The third kappa shape index (κ3) is 5.78. The van der Waals surface area contributed by atoms with Gasteiger partial charge in [-0.3, -0.25) is 0 Å². The van der Waals surface area contributed by atoms with E-state index in [9.17, 15) is 5.11 Å². The van der Waals surface area contributed by atoms with Crippen molar-refractivity contribution in [1.82, 2.24) is 19.9 Å². The summed E-state index contributed by atoms with van der Waals surface area (Å²) in [6, 6.07) is 4.06. The molecule has 0 aromatic carbocycles. The summed E-state index contributed by atoms with van der Waals surface area (Å²) in [7, 11) is 1.61. The van der Waals surface area contributed by atoms with E-state index in [1.807, 2.05) is 18.3 Å². The van der Waals surface area contributed by atoms with Crippen molar-refractivity contribution in [2.75, 3.05) is 37.4 Å². The summed E-state index contributed by atoms with van der Waals surface area (Å²) >= 11 is 0. The van der Waals surface area contributed by atoms with Gasteiger partial charge in [0.1, 0.15) is 5.82 Å². The predicted molar refractivity (Wildman–Crippen MR) is 134 cm³/mol. The predicted octanol–water partition coefficient (Wildman–Crippen LogP) is 4.32. The van der Waals surface area contributed by atoms with E-state index in [4.69, 9.17) is 9.72 Å². The quantitative estimate of drug-likeness (QED) is 0.529. The van der Waals surface area contributed by atoms with Crippen LogP contribution in [0.5, 0.6) is 5.88 Å². The highest BCUT2D eigenvalue weighted by molar-refractivity contribution is 5.57. The number of methoxy groups -OCH3 is 1. The lowest BCUT2D eigenvalue weighted by molar-refractivity contribution is 0.126. The molecule has 8 nitrogen and oxygen atoms in total. The molecule has 8 heteroatoms. The Balaban J connectivity index is 1.31. The molecule has 2 aromatic rings. The van der Waals surface area contributed by atoms with Crippen LogP contribution in [-0.4, -0.2) is 63.8 Å². The molecular weight excluding hydrogens is 428 g/mol. The molecule has 1 aliphatic heterocycles. The molecule has 5 rings (SSSR count). The highest BCUT2D eigenvalue weighted by Gasteiger charge is 2.28. The van der Waals surface area contributed by atoms with Crippen LogP contribution in [0.2, 0.25) is 0 Å². The van der Waals surface area contributed by atoms with E-state index in [1.165, 1.54) is 31.4 Å². The second kappa shape index (κ2) is 10.9. The van der Waals surface area contributed by atoms with E-state index in [2.05, 4.69) is 25.5 Å². The Bertz CT molecular complexity index is 937. The van der Waals surface area contributed by atoms with Crippen molar-refractivity contribution in [1.29, 1.82) is 0 Å². The van der Waals surface area contributed by atoms with Crippen LogP contribution >= 0.6 is 0 Å². The number of aliphatic hydroxyl groups excluding tert-OH is 1. The monoisotopic (exact) mass is 466 g/mol. The summed E-state index contributed by atoms with van der Waals surface area (Å²) in [6.07, 6.45) is 13.7. The van der Waals surface area contributed by atoms with Crippen molar-refractivity contribution in [2.24, 2.45) is 5.92 Å². The number of nitrogens with one attached hydrogen (secondary N) is 2. The normalized spacial score (nSPS) is 24.4. The molecule has 0 bridgehead atoms. The molecule has 0 atom stereocenters. The second-order valence-electron chi connectivity index (χ2n) is 10.2. The SMILES string of the molecule is COc1cc(Nc2ncc(C3CCN(CC4CCC4)CC3)c(N[C@H]3CC[C@H](O)CC3)n2)ccn1. The van der Waals surface area contributed by atoms with Crippen LogP contribution < -0.4 is 15.4 Å². The number of aromatic nitrogens is 3. The zero-order valence-electron chi connectivity index (χ0n) is 20.2. The van der Waals surface area contributed by atoms with Gasteiger partial charge in [0.15, 0.2) is 0 Å². The number of pyridine rings is 1. The molecule has 0 spiro atoms. The number of piperidine rings is 1. The molecule has 2 saturated carbocycles. The zero-order chi connectivity index (χ0) is 23.3. The van der Waals surface area contributed by atoms with E-state index < -0.39 is 0 Å². The van der Waals surface area contributed by atoms with E-state index in [0.29, 0.717) is 23.8 Å². The molecule has 2 aliphatic carbocycles. The van der Waals surface area contributed by atoms with Crippen LogP contribution in [0.1, 0.15) is 69.3 Å². The van der Waals surface area contributed by atoms with Gasteiger partial charge in [-0.2, -0.15) is 4.98 Å². The van der Waals surface area contributed by atoms with Gasteiger partial charge in [0.25, 0.3) is 0 Å². The largest absolute Gasteiger partial charge is 0.481 e. The number of anilines is 3. The number of hydrogen-bond acceptors (Lipinski definition) is 8. The topological polar surface area (TPSA) is 95.4 Å². The molecule has 3 N–H and O–H groups in total. The van der Waals surface area contributed by atoms with Gasteiger partial charge in [0, 0.05) is 42.3 Å². The molecule has 3 aliphatic rings. The minimum absolute atomic E-state index is 0.165. The fourth-order valence-corrected chi connectivity index (χ4v) is 5.47. The first kappa shape index (κ1) is 23.3. The highest BCUT2D eigenvalue weighted by atomic mass is 16.5. The van der Waals surface area contributed by atoms with Crippen LogP contribution in [0.4, 0.5) is 17.5 Å². The molecular formula is C26H38N6O2. The summed E-state index contributed by atoms with van der Waals surface area (Å²) in [5, 5.41) is 17.0. The van der Waals surface area contributed by atoms with E-state index in [1.54, 1.807) is 13.3 Å². The molecule has 2 aromatic heterocycles. The minimum atomic E-state index is -0.165. The van der Waals surface area contributed by atoms with Gasteiger partial charge in [-0.15, -0.1) is 0 Å². The van der Waals surface area contributed by atoms with Crippen molar-refractivity contribution in [2.45, 2.75) is 75.9 Å². The Hall–Kier alpha value is -2.45. The zero-order valence-corrected chi connectivity index (χ0v) is 20.2. The summed E-state index contributed by atoms with van der Waals surface area (Å²) in [5.74, 6) is 3.46. The Labute approximate surface area is 202 Å². The molecule has 34 heavy (non-hydrogen) atoms. The summed E-state index contributed by atoms with van der Waals surface area (Å²) in [4.78, 5) is 16.4. The van der Waals surface area contributed by atoms with Crippen molar-refractivity contribution in [3.63, 3.8) is 0 Å². The van der Waals surface area contributed by atoms with Crippen LogP contribution in [0, 0.1) is 5.92 Å². The Morgan fingerprint density at radius 2 is 1.85 bits per heavy atom. The molecule has 3 heterocycles. The van der Waals surface area contributed by atoms with Gasteiger partial charge in [0.05, 0.1) is 13.2 Å². The van der Waals surface area contributed by atoms with Crippen molar-refractivity contribution < 1.29 is 9.84 Å². The molecule has 0 unspecified atom stereocenters. The van der Waals surface area contributed by atoms with Gasteiger partial charge < -0.3 is 25.4 Å². The molecule has 0 amide bonds. The third-order valence-corrected chi connectivity index (χ3v) is 7.82. The first-order valence-corrected chi connectivity index (χ1v) is 13.0. The minimum Gasteiger partial charge on any atom is -0.481 e. The van der Waals surface area contributed by atoms with Crippen molar-refractivity contribution in [3.05, 3.63) is 30.1 Å². The lowest BCUT2D eigenvalue weighted by atomic mass is 9.84. The van der Waals surface area contributed by atoms with Crippen LogP contribution in [0.25, 0.3) is 0 Å².